The molecule has 4 heteroatoms. The Balaban J connectivity index is 2.98. The Morgan fingerprint density at radius 1 is 1.71 bits per heavy atom. The lowest BCUT2D eigenvalue weighted by atomic mass is 10.1. The van der Waals surface area contributed by atoms with Crippen molar-refractivity contribution in [1.82, 2.24) is 0 Å². The van der Waals surface area contributed by atoms with E-state index in [0.29, 0.717) is 11.7 Å². The third-order valence-corrected chi connectivity index (χ3v) is 2.85. The van der Waals surface area contributed by atoms with Gasteiger partial charge in [0.05, 0.1) is 11.0 Å². The summed E-state index contributed by atoms with van der Waals surface area (Å²) in [5, 5.41) is 0. The molecule has 0 amide bonds. The Kier molecular flexibility index (Phi) is 3.89. The van der Waals surface area contributed by atoms with E-state index in [1.807, 2.05) is 0 Å². The zero-order valence-electron chi connectivity index (χ0n) is 8.34. The molecule has 0 aliphatic rings. The summed E-state index contributed by atoms with van der Waals surface area (Å²) in [7, 11) is 0. The molecule has 1 unspecified atom stereocenters. The summed E-state index contributed by atoms with van der Waals surface area (Å²) in [5.41, 5.74) is 5.25. The van der Waals surface area contributed by atoms with E-state index in [2.05, 4.69) is 29.8 Å². The summed E-state index contributed by atoms with van der Waals surface area (Å²) >= 11 is 3.37. The smallest absolute Gasteiger partial charge is 0.211 e. The van der Waals surface area contributed by atoms with Crippen LogP contribution in [0.1, 0.15) is 42.5 Å². The maximum atomic E-state index is 11.3. The monoisotopic (exact) mass is 259 g/mol. The number of carbonyl (C=O) groups is 1. The van der Waals surface area contributed by atoms with E-state index in [1.165, 1.54) is 0 Å². The second-order valence-electron chi connectivity index (χ2n) is 3.26. The van der Waals surface area contributed by atoms with E-state index in [4.69, 9.17) is 10.2 Å². The van der Waals surface area contributed by atoms with Crippen LogP contribution in [0.4, 0.5) is 0 Å². The first kappa shape index (κ1) is 11.5. The third kappa shape index (κ3) is 2.25. The number of rotatable bonds is 4. The van der Waals surface area contributed by atoms with Gasteiger partial charge in [-0.1, -0.05) is 13.8 Å². The van der Waals surface area contributed by atoms with Crippen molar-refractivity contribution in [1.29, 1.82) is 0 Å². The van der Waals surface area contributed by atoms with E-state index >= 15 is 0 Å². The first-order valence-electron chi connectivity index (χ1n) is 4.62. The summed E-state index contributed by atoms with van der Waals surface area (Å²) in [6.45, 7) is 4.12. The van der Waals surface area contributed by atoms with Gasteiger partial charge in [-0.2, -0.15) is 0 Å². The highest BCUT2D eigenvalue weighted by molar-refractivity contribution is 9.10. The van der Waals surface area contributed by atoms with Crippen LogP contribution < -0.4 is 5.73 Å². The van der Waals surface area contributed by atoms with Gasteiger partial charge in [0.25, 0.3) is 0 Å². The van der Waals surface area contributed by atoms with Crippen LogP contribution in [0.15, 0.2) is 15.0 Å². The number of carbonyl (C=O) groups excluding carboxylic acids is 1. The summed E-state index contributed by atoms with van der Waals surface area (Å²) < 4.78 is 6.29. The summed E-state index contributed by atoms with van der Waals surface area (Å²) in [5.74, 6) is 1.31. The van der Waals surface area contributed by atoms with E-state index in [0.717, 1.165) is 16.7 Å². The summed E-state index contributed by atoms with van der Waals surface area (Å²) in [4.78, 5) is 11.3. The predicted molar refractivity (Wildman–Crippen MR) is 58.5 cm³/mol. The average Bonchev–Trinajstić information content (AvgIpc) is 2.58. The van der Waals surface area contributed by atoms with Crippen LogP contribution in [0.5, 0.6) is 0 Å². The molecule has 1 heterocycles. The molecule has 1 aromatic rings. The van der Waals surface area contributed by atoms with Crippen molar-refractivity contribution >= 4 is 21.7 Å². The van der Waals surface area contributed by atoms with Crippen LogP contribution in [0.25, 0.3) is 0 Å². The Labute approximate surface area is 91.8 Å². The molecule has 0 fully saturated rings. The van der Waals surface area contributed by atoms with Crippen LogP contribution >= 0.6 is 15.9 Å². The number of hydrogen-bond acceptors (Lipinski definition) is 3. The van der Waals surface area contributed by atoms with Gasteiger partial charge in [-0.05, 0) is 22.4 Å². The van der Waals surface area contributed by atoms with E-state index in [-0.39, 0.29) is 12.3 Å². The Hall–Kier alpha value is -0.610. The Morgan fingerprint density at radius 3 is 2.86 bits per heavy atom. The first-order chi connectivity index (χ1) is 6.60. The van der Waals surface area contributed by atoms with E-state index < -0.39 is 0 Å². The first-order valence-corrected chi connectivity index (χ1v) is 5.41. The van der Waals surface area contributed by atoms with E-state index in [9.17, 15) is 4.79 Å². The molecule has 3 nitrogen and oxygen atoms in total. The molecule has 0 aromatic carbocycles. The molecule has 14 heavy (non-hydrogen) atoms. The minimum absolute atomic E-state index is 0.0140. The molecule has 0 saturated carbocycles. The number of hydrogen-bond donors (Lipinski definition) is 1. The molecule has 0 radical (unpaired) electrons. The molecular weight excluding hydrogens is 246 g/mol. The molecule has 0 bridgehead atoms. The van der Waals surface area contributed by atoms with Crippen LogP contribution in [0.3, 0.4) is 0 Å². The van der Waals surface area contributed by atoms with Crippen LogP contribution in [-0.4, -0.2) is 12.3 Å². The number of Topliss-reactive ketones (excluding diaryl/α,β-unsaturated/α-hetero) is 1. The third-order valence-electron chi connectivity index (χ3n) is 2.23. The van der Waals surface area contributed by atoms with Gasteiger partial charge in [0, 0.05) is 12.0 Å². The summed E-state index contributed by atoms with van der Waals surface area (Å²) in [6, 6.07) is 1.69. The zero-order chi connectivity index (χ0) is 10.7. The highest BCUT2D eigenvalue weighted by atomic mass is 79.9. The quantitative estimate of drug-likeness (QED) is 0.847. The number of furan rings is 1. The highest BCUT2D eigenvalue weighted by Crippen LogP contribution is 2.30. The second kappa shape index (κ2) is 4.75. The molecule has 0 spiro atoms. The van der Waals surface area contributed by atoms with Crippen molar-refractivity contribution in [3.05, 3.63) is 22.1 Å². The predicted octanol–water partition coefficient (Wildman–Crippen LogP) is 2.70. The van der Waals surface area contributed by atoms with Crippen LogP contribution in [0.2, 0.25) is 0 Å². The van der Waals surface area contributed by atoms with Gasteiger partial charge < -0.3 is 10.2 Å². The zero-order valence-corrected chi connectivity index (χ0v) is 9.93. The number of ketones is 1. The van der Waals surface area contributed by atoms with Gasteiger partial charge in [0.2, 0.25) is 5.78 Å². The maximum absolute atomic E-state index is 11.3. The molecule has 0 aliphatic heterocycles. The van der Waals surface area contributed by atoms with Gasteiger partial charge in [0.1, 0.15) is 5.76 Å². The van der Waals surface area contributed by atoms with Crippen molar-refractivity contribution in [2.45, 2.75) is 26.2 Å². The van der Waals surface area contributed by atoms with Gasteiger partial charge in [-0.15, -0.1) is 0 Å². The fourth-order valence-corrected chi connectivity index (χ4v) is 1.82. The molecule has 1 rings (SSSR count). The molecule has 78 valence electrons. The molecule has 0 saturated heterocycles. The van der Waals surface area contributed by atoms with Crippen molar-refractivity contribution < 1.29 is 9.21 Å². The van der Waals surface area contributed by atoms with Gasteiger partial charge >= 0.3 is 0 Å². The Morgan fingerprint density at radius 2 is 2.36 bits per heavy atom. The van der Waals surface area contributed by atoms with Crippen molar-refractivity contribution in [2.24, 2.45) is 5.73 Å². The fourth-order valence-electron chi connectivity index (χ4n) is 1.14. The minimum atomic E-state index is -0.166. The molecular formula is C10H14BrNO2. The van der Waals surface area contributed by atoms with Gasteiger partial charge in [-0.3, -0.25) is 4.79 Å². The van der Waals surface area contributed by atoms with Crippen molar-refractivity contribution in [3.63, 3.8) is 0 Å². The largest absolute Gasteiger partial charge is 0.456 e. The van der Waals surface area contributed by atoms with E-state index in [1.54, 1.807) is 6.07 Å². The SMILES string of the molecule is CCC(C)c1oc(C(=O)CN)cc1Br. The number of nitrogens with two attached hydrogens (primary N) is 1. The topological polar surface area (TPSA) is 56.2 Å². The lowest BCUT2D eigenvalue weighted by Gasteiger charge is -2.04. The fraction of sp³-hybridized carbons (Fsp3) is 0.500. The normalized spacial score (nSPS) is 12.9. The van der Waals surface area contributed by atoms with Gasteiger partial charge in [-0.25, -0.2) is 0 Å². The molecule has 1 aromatic heterocycles. The van der Waals surface area contributed by atoms with Crippen LogP contribution in [0, 0.1) is 0 Å². The molecule has 2 N–H and O–H groups in total. The number of halogens is 1. The lowest BCUT2D eigenvalue weighted by Crippen LogP contribution is -2.12. The lowest BCUT2D eigenvalue weighted by molar-refractivity contribution is 0.0973. The molecule has 0 aliphatic carbocycles. The van der Waals surface area contributed by atoms with Gasteiger partial charge in [0.15, 0.2) is 5.76 Å². The van der Waals surface area contributed by atoms with Crippen LogP contribution in [-0.2, 0) is 0 Å². The second-order valence-corrected chi connectivity index (χ2v) is 4.11. The summed E-state index contributed by atoms with van der Waals surface area (Å²) in [6.07, 6.45) is 0.975. The van der Waals surface area contributed by atoms with Crippen molar-refractivity contribution in [3.8, 4) is 0 Å². The Bertz CT molecular complexity index is 333. The standard InChI is InChI=1S/C10H14BrNO2/c1-3-6(2)10-7(11)4-9(14-10)8(13)5-12/h4,6H,3,5,12H2,1-2H3. The highest BCUT2D eigenvalue weighted by Gasteiger charge is 2.17. The maximum Gasteiger partial charge on any atom is 0.211 e. The average molecular weight is 260 g/mol. The molecule has 1 atom stereocenters. The minimum Gasteiger partial charge on any atom is -0.456 e. The van der Waals surface area contributed by atoms with Crippen molar-refractivity contribution in [2.75, 3.05) is 6.54 Å².